The summed E-state index contributed by atoms with van der Waals surface area (Å²) in [4.78, 5) is 1.71. The molecule has 138 valence electrons. The number of benzene rings is 2. The van der Waals surface area contributed by atoms with Gasteiger partial charge in [-0.05, 0) is 43.3 Å². The lowest BCUT2D eigenvalue weighted by atomic mass is 10.2. The third-order valence-corrected chi connectivity index (χ3v) is 4.89. The van der Waals surface area contributed by atoms with E-state index in [2.05, 4.69) is 11.0 Å². The van der Waals surface area contributed by atoms with Gasteiger partial charge in [0.05, 0.1) is 19.1 Å². The second kappa shape index (κ2) is 8.53. The molecular weight excluding hydrogens is 352 g/mol. The largest absolute Gasteiger partial charge is 0.497 e. The van der Waals surface area contributed by atoms with Gasteiger partial charge in [-0.15, -0.1) is 11.0 Å². The zero-order chi connectivity index (χ0) is 19.2. The molecule has 2 rings (SSSR count). The van der Waals surface area contributed by atoms with E-state index in [-0.39, 0.29) is 10.9 Å². The average molecular weight is 374 g/mol. The van der Waals surface area contributed by atoms with Crippen LogP contribution in [0.15, 0.2) is 70.5 Å². The van der Waals surface area contributed by atoms with Crippen LogP contribution in [-0.2, 0) is 14.8 Å². The van der Waals surface area contributed by atoms with Crippen LogP contribution in [0.2, 0.25) is 0 Å². The number of rotatable bonds is 6. The van der Waals surface area contributed by atoms with Crippen molar-refractivity contribution in [2.45, 2.75) is 11.8 Å². The van der Waals surface area contributed by atoms with Crippen molar-refractivity contribution in [1.82, 2.24) is 0 Å². The molecule has 0 heterocycles. The van der Waals surface area contributed by atoms with Crippen LogP contribution in [0.4, 0.5) is 5.69 Å². The molecule has 7 heteroatoms. The zero-order valence-electron chi connectivity index (χ0n) is 15.0. The molecule has 0 radical (unpaired) electrons. The Morgan fingerprint density at radius 3 is 2.23 bits per heavy atom. The highest BCUT2D eigenvalue weighted by Gasteiger charge is 2.20. The van der Waals surface area contributed by atoms with E-state index in [4.69, 9.17) is 9.47 Å². The molecule has 2 aromatic rings. The number of hydrogen-bond acceptors (Lipinski definition) is 4. The Balaban J connectivity index is 2.44. The molecule has 0 aromatic heterocycles. The maximum Gasteiger partial charge on any atom is 0.308 e. The lowest BCUT2D eigenvalue weighted by Gasteiger charge is -2.23. The van der Waals surface area contributed by atoms with Crippen molar-refractivity contribution in [1.29, 1.82) is 0 Å². The third kappa shape index (κ3) is 4.64. The number of sulfonamides is 1. The summed E-state index contributed by atoms with van der Waals surface area (Å²) in [6.45, 7) is 5.92. The Kier molecular flexibility index (Phi) is 6.41. The van der Waals surface area contributed by atoms with Crippen molar-refractivity contribution in [3.8, 4) is 5.75 Å². The SMILES string of the molecule is C=CCN(/C(=N/S(=O)(=O)c1ccc(C)cc1)OC)c1ccc(OC)cc1. The van der Waals surface area contributed by atoms with Gasteiger partial charge < -0.3 is 9.47 Å². The predicted molar refractivity (Wildman–Crippen MR) is 103 cm³/mol. The summed E-state index contributed by atoms with van der Waals surface area (Å²) in [5.41, 5.74) is 1.66. The minimum Gasteiger partial charge on any atom is -0.497 e. The number of aryl methyl sites for hydroxylation is 1. The molecule has 0 amide bonds. The maximum absolute atomic E-state index is 12.6. The fourth-order valence-electron chi connectivity index (χ4n) is 2.25. The lowest BCUT2D eigenvalue weighted by Crippen LogP contribution is -2.33. The molecule has 0 bridgehead atoms. The van der Waals surface area contributed by atoms with Crippen LogP contribution >= 0.6 is 0 Å². The van der Waals surface area contributed by atoms with E-state index in [1.807, 2.05) is 6.92 Å². The first-order valence-corrected chi connectivity index (χ1v) is 9.33. The topological polar surface area (TPSA) is 68.2 Å². The first-order chi connectivity index (χ1) is 12.4. The van der Waals surface area contributed by atoms with Gasteiger partial charge in [-0.25, -0.2) is 0 Å². The molecule has 6 nitrogen and oxygen atoms in total. The monoisotopic (exact) mass is 374 g/mol. The van der Waals surface area contributed by atoms with E-state index in [1.54, 1.807) is 54.5 Å². The number of amidine groups is 1. The zero-order valence-corrected chi connectivity index (χ0v) is 15.9. The summed E-state index contributed by atoms with van der Waals surface area (Å²) in [5.74, 6) is 0.690. The van der Waals surface area contributed by atoms with Crippen LogP contribution < -0.4 is 9.64 Å². The van der Waals surface area contributed by atoms with Crippen molar-refractivity contribution in [2.24, 2.45) is 4.40 Å². The number of ether oxygens (including phenoxy) is 2. The quantitative estimate of drug-likeness (QED) is 0.440. The normalized spacial score (nSPS) is 11.7. The van der Waals surface area contributed by atoms with Crippen LogP contribution in [-0.4, -0.2) is 35.2 Å². The summed E-state index contributed by atoms with van der Waals surface area (Å²) in [5, 5.41) is 0. The van der Waals surface area contributed by atoms with Crippen LogP contribution in [0.25, 0.3) is 0 Å². The fourth-order valence-corrected chi connectivity index (χ4v) is 3.21. The Labute approximate surface area is 154 Å². The Morgan fingerprint density at radius 2 is 1.73 bits per heavy atom. The highest BCUT2D eigenvalue weighted by Crippen LogP contribution is 2.21. The maximum atomic E-state index is 12.6. The highest BCUT2D eigenvalue weighted by atomic mass is 32.2. The molecule has 0 N–H and O–H groups in total. The molecule has 0 saturated heterocycles. The molecule has 0 aliphatic rings. The number of hydrogen-bond donors (Lipinski definition) is 0. The van der Waals surface area contributed by atoms with Crippen molar-refractivity contribution < 1.29 is 17.9 Å². The predicted octanol–water partition coefficient (Wildman–Crippen LogP) is 3.39. The van der Waals surface area contributed by atoms with Gasteiger partial charge in [0.2, 0.25) is 0 Å². The number of anilines is 1. The summed E-state index contributed by atoms with van der Waals surface area (Å²) >= 11 is 0. The van der Waals surface area contributed by atoms with Gasteiger partial charge in [-0.3, -0.25) is 4.90 Å². The second-order valence-electron chi connectivity index (χ2n) is 5.46. The van der Waals surface area contributed by atoms with Crippen molar-refractivity contribution in [2.75, 3.05) is 25.7 Å². The summed E-state index contributed by atoms with van der Waals surface area (Å²) < 4.78 is 39.5. The highest BCUT2D eigenvalue weighted by molar-refractivity contribution is 7.90. The number of nitrogens with zero attached hydrogens (tertiary/aromatic N) is 2. The van der Waals surface area contributed by atoms with Crippen LogP contribution in [0.1, 0.15) is 5.56 Å². The van der Waals surface area contributed by atoms with Crippen LogP contribution in [0.3, 0.4) is 0 Å². The van der Waals surface area contributed by atoms with Gasteiger partial charge in [-0.2, -0.15) is 8.42 Å². The molecule has 2 aromatic carbocycles. The minimum absolute atomic E-state index is 0.0457. The van der Waals surface area contributed by atoms with Crippen LogP contribution in [0.5, 0.6) is 5.75 Å². The lowest BCUT2D eigenvalue weighted by molar-refractivity contribution is 0.393. The summed E-state index contributed by atoms with van der Waals surface area (Å²) in [6.07, 6.45) is 1.64. The van der Waals surface area contributed by atoms with E-state index in [1.165, 1.54) is 19.2 Å². The first-order valence-electron chi connectivity index (χ1n) is 7.89. The van der Waals surface area contributed by atoms with Crippen molar-refractivity contribution in [3.05, 3.63) is 66.7 Å². The molecule has 0 saturated carbocycles. The Morgan fingerprint density at radius 1 is 1.12 bits per heavy atom. The third-order valence-electron chi connectivity index (χ3n) is 3.63. The molecule has 0 unspecified atom stereocenters. The molecule has 0 aliphatic carbocycles. The standard InChI is InChI=1S/C19H22N2O4S/c1-5-14-21(16-8-10-17(24-3)11-9-16)19(25-4)20-26(22,23)18-12-6-15(2)7-13-18/h5-13H,1,14H2,2-4H3/b20-19-. The second-order valence-corrected chi connectivity index (χ2v) is 7.07. The van der Waals surface area contributed by atoms with E-state index in [0.717, 1.165) is 5.56 Å². The first kappa shape index (κ1) is 19.5. The molecule has 0 spiro atoms. The number of methoxy groups -OCH3 is 2. The minimum atomic E-state index is -3.91. The Bertz CT molecular complexity index is 873. The van der Waals surface area contributed by atoms with E-state index < -0.39 is 10.0 Å². The molecule has 0 aliphatic heterocycles. The summed E-state index contributed by atoms with van der Waals surface area (Å²) in [6, 6.07) is 13.6. The molecular formula is C19H22N2O4S. The summed E-state index contributed by atoms with van der Waals surface area (Å²) in [7, 11) is -0.956. The smallest absolute Gasteiger partial charge is 0.308 e. The van der Waals surface area contributed by atoms with Crippen molar-refractivity contribution >= 4 is 21.7 Å². The molecule has 0 fully saturated rings. The van der Waals surface area contributed by atoms with E-state index >= 15 is 0 Å². The van der Waals surface area contributed by atoms with Gasteiger partial charge in [0.1, 0.15) is 5.75 Å². The Hall–Kier alpha value is -2.80. The molecule has 26 heavy (non-hydrogen) atoms. The van der Waals surface area contributed by atoms with E-state index in [0.29, 0.717) is 18.0 Å². The van der Waals surface area contributed by atoms with Gasteiger partial charge in [0.25, 0.3) is 10.0 Å². The van der Waals surface area contributed by atoms with Gasteiger partial charge >= 0.3 is 6.02 Å². The average Bonchev–Trinajstić information content (AvgIpc) is 2.65. The van der Waals surface area contributed by atoms with Gasteiger partial charge in [0.15, 0.2) is 0 Å². The fraction of sp³-hybridized carbons (Fsp3) is 0.211. The van der Waals surface area contributed by atoms with Crippen LogP contribution in [0, 0.1) is 6.92 Å². The van der Waals surface area contributed by atoms with E-state index in [9.17, 15) is 8.42 Å². The van der Waals surface area contributed by atoms with Gasteiger partial charge in [-0.1, -0.05) is 23.8 Å². The van der Waals surface area contributed by atoms with Gasteiger partial charge in [0, 0.05) is 12.2 Å². The molecule has 0 atom stereocenters. The van der Waals surface area contributed by atoms with Crippen molar-refractivity contribution in [3.63, 3.8) is 0 Å².